The summed E-state index contributed by atoms with van der Waals surface area (Å²) in [7, 11) is 0. The zero-order valence-electron chi connectivity index (χ0n) is 10.9. The topological polar surface area (TPSA) is 75.6 Å². The van der Waals surface area contributed by atoms with Crippen LogP contribution in [0.4, 0.5) is 5.69 Å². The van der Waals surface area contributed by atoms with Crippen molar-refractivity contribution in [3.05, 3.63) is 59.1 Å². The number of hydrogen-bond donors (Lipinski definition) is 2. The zero-order chi connectivity index (χ0) is 15.2. The molecule has 21 heavy (non-hydrogen) atoms. The molecule has 0 heterocycles. The highest BCUT2D eigenvalue weighted by Crippen LogP contribution is 2.23. The van der Waals surface area contributed by atoms with Crippen molar-refractivity contribution in [1.82, 2.24) is 0 Å². The van der Waals surface area contributed by atoms with Gasteiger partial charge in [0.1, 0.15) is 5.75 Å². The van der Waals surface area contributed by atoms with E-state index in [1.807, 2.05) is 6.07 Å². The first-order chi connectivity index (χ1) is 10.1. The van der Waals surface area contributed by atoms with Gasteiger partial charge in [0.2, 0.25) is 0 Å². The standard InChI is InChI=1S/C15H12ClNO4/c16-12-7-6-10(15(19)20)8-13(12)17-14(18)9-21-11-4-2-1-3-5-11/h1-8H,9H2,(H,17,18)(H,19,20). The number of halogens is 1. The summed E-state index contributed by atoms with van der Waals surface area (Å²) in [6.45, 7) is -0.197. The molecule has 6 heteroatoms. The molecular formula is C15H12ClNO4. The second kappa shape index (κ2) is 6.76. The summed E-state index contributed by atoms with van der Waals surface area (Å²) in [5.74, 6) is -0.955. The number of ether oxygens (including phenoxy) is 1. The van der Waals surface area contributed by atoms with Gasteiger partial charge in [-0.2, -0.15) is 0 Å². The molecule has 0 saturated carbocycles. The van der Waals surface area contributed by atoms with Crippen LogP contribution in [0.2, 0.25) is 5.02 Å². The fourth-order valence-corrected chi connectivity index (χ4v) is 1.77. The molecule has 0 aliphatic rings. The van der Waals surface area contributed by atoms with E-state index in [0.29, 0.717) is 5.75 Å². The van der Waals surface area contributed by atoms with E-state index in [0.717, 1.165) is 0 Å². The highest BCUT2D eigenvalue weighted by molar-refractivity contribution is 6.33. The van der Waals surface area contributed by atoms with E-state index in [-0.39, 0.29) is 22.9 Å². The summed E-state index contributed by atoms with van der Waals surface area (Å²) >= 11 is 5.91. The van der Waals surface area contributed by atoms with Crippen LogP contribution < -0.4 is 10.1 Å². The summed E-state index contributed by atoms with van der Waals surface area (Å²) in [6, 6.07) is 13.0. The van der Waals surface area contributed by atoms with Crippen LogP contribution in [0.15, 0.2) is 48.5 Å². The smallest absolute Gasteiger partial charge is 0.335 e. The number of aromatic carboxylic acids is 1. The first kappa shape index (κ1) is 14.9. The Morgan fingerprint density at radius 3 is 2.52 bits per heavy atom. The lowest BCUT2D eigenvalue weighted by atomic mass is 10.2. The largest absolute Gasteiger partial charge is 0.484 e. The molecule has 108 valence electrons. The number of carboxylic acids is 1. The number of benzene rings is 2. The average Bonchev–Trinajstić information content (AvgIpc) is 2.48. The van der Waals surface area contributed by atoms with Gasteiger partial charge in [0.05, 0.1) is 16.3 Å². The summed E-state index contributed by atoms with van der Waals surface area (Å²) in [4.78, 5) is 22.7. The number of hydrogen-bond acceptors (Lipinski definition) is 3. The molecule has 0 aliphatic carbocycles. The third kappa shape index (κ3) is 4.22. The second-order valence-electron chi connectivity index (χ2n) is 4.15. The van der Waals surface area contributed by atoms with Crippen molar-refractivity contribution in [2.75, 3.05) is 11.9 Å². The highest BCUT2D eigenvalue weighted by Gasteiger charge is 2.10. The van der Waals surface area contributed by atoms with E-state index in [1.54, 1.807) is 24.3 Å². The number of amides is 1. The monoisotopic (exact) mass is 305 g/mol. The van der Waals surface area contributed by atoms with Crippen LogP contribution in [0.5, 0.6) is 5.75 Å². The molecule has 0 spiro atoms. The Kier molecular flexibility index (Phi) is 4.79. The van der Waals surface area contributed by atoms with Crippen molar-refractivity contribution in [3.8, 4) is 5.75 Å². The van der Waals surface area contributed by atoms with E-state index in [4.69, 9.17) is 21.4 Å². The SMILES string of the molecule is O=C(COc1ccccc1)Nc1cc(C(=O)O)ccc1Cl. The maximum Gasteiger partial charge on any atom is 0.335 e. The minimum absolute atomic E-state index is 0.0404. The molecular weight excluding hydrogens is 294 g/mol. The molecule has 0 fully saturated rings. The Labute approximate surface area is 126 Å². The van der Waals surface area contributed by atoms with E-state index in [9.17, 15) is 9.59 Å². The lowest BCUT2D eigenvalue weighted by Crippen LogP contribution is -2.20. The number of anilines is 1. The third-order valence-corrected chi connectivity index (χ3v) is 2.93. The third-order valence-electron chi connectivity index (χ3n) is 2.60. The van der Waals surface area contributed by atoms with Gasteiger partial charge in [-0.3, -0.25) is 4.79 Å². The Morgan fingerprint density at radius 1 is 1.14 bits per heavy atom. The van der Waals surface area contributed by atoms with Crippen molar-refractivity contribution in [1.29, 1.82) is 0 Å². The average molecular weight is 306 g/mol. The molecule has 5 nitrogen and oxygen atoms in total. The summed E-state index contributed by atoms with van der Waals surface area (Å²) in [5, 5.41) is 11.7. The van der Waals surface area contributed by atoms with Crippen LogP contribution in [-0.4, -0.2) is 23.6 Å². The second-order valence-corrected chi connectivity index (χ2v) is 4.56. The van der Waals surface area contributed by atoms with Crippen molar-refractivity contribution in [2.45, 2.75) is 0 Å². The lowest BCUT2D eigenvalue weighted by Gasteiger charge is -2.09. The zero-order valence-corrected chi connectivity index (χ0v) is 11.6. The molecule has 0 saturated heterocycles. The van der Waals surface area contributed by atoms with E-state index >= 15 is 0 Å². The highest BCUT2D eigenvalue weighted by atomic mass is 35.5. The maximum atomic E-state index is 11.8. The number of rotatable bonds is 5. The minimum Gasteiger partial charge on any atom is -0.484 e. The van der Waals surface area contributed by atoms with Crippen LogP contribution in [0.1, 0.15) is 10.4 Å². The number of carbonyl (C=O) groups is 2. The van der Waals surface area contributed by atoms with E-state index in [1.165, 1.54) is 18.2 Å². The van der Waals surface area contributed by atoms with Gasteiger partial charge in [-0.1, -0.05) is 29.8 Å². The maximum absolute atomic E-state index is 11.8. The number of carbonyl (C=O) groups excluding carboxylic acids is 1. The van der Waals surface area contributed by atoms with Gasteiger partial charge in [-0.05, 0) is 30.3 Å². The molecule has 1 amide bonds. The molecule has 0 aliphatic heterocycles. The van der Waals surface area contributed by atoms with Crippen LogP contribution >= 0.6 is 11.6 Å². The van der Waals surface area contributed by atoms with Crippen molar-refractivity contribution in [3.63, 3.8) is 0 Å². The van der Waals surface area contributed by atoms with Crippen LogP contribution in [0.25, 0.3) is 0 Å². The normalized spacial score (nSPS) is 9.95. The molecule has 2 N–H and O–H groups in total. The Bertz CT molecular complexity index is 658. The Balaban J connectivity index is 1.99. The van der Waals surface area contributed by atoms with E-state index in [2.05, 4.69) is 5.32 Å². The van der Waals surface area contributed by atoms with Crippen LogP contribution in [0.3, 0.4) is 0 Å². The summed E-state index contributed by atoms with van der Waals surface area (Å²) in [6.07, 6.45) is 0. The van der Waals surface area contributed by atoms with Gasteiger partial charge in [-0.25, -0.2) is 4.79 Å². The first-order valence-electron chi connectivity index (χ1n) is 6.07. The predicted molar refractivity (Wildman–Crippen MR) is 79.0 cm³/mol. The van der Waals surface area contributed by atoms with Crippen LogP contribution in [0, 0.1) is 0 Å². The molecule has 2 aromatic rings. The van der Waals surface area contributed by atoms with Crippen molar-refractivity contribution >= 4 is 29.2 Å². The predicted octanol–water partition coefficient (Wildman–Crippen LogP) is 3.06. The lowest BCUT2D eigenvalue weighted by molar-refractivity contribution is -0.118. The minimum atomic E-state index is -1.09. The van der Waals surface area contributed by atoms with Gasteiger partial charge in [-0.15, -0.1) is 0 Å². The molecule has 0 unspecified atom stereocenters. The Hall–Kier alpha value is -2.53. The molecule has 0 bridgehead atoms. The number of nitrogens with one attached hydrogen (secondary N) is 1. The Morgan fingerprint density at radius 2 is 1.86 bits per heavy atom. The fraction of sp³-hybridized carbons (Fsp3) is 0.0667. The molecule has 0 radical (unpaired) electrons. The van der Waals surface area contributed by atoms with Gasteiger partial charge in [0.15, 0.2) is 6.61 Å². The fourth-order valence-electron chi connectivity index (χ4n) is 1.61. The summed E-state index contributed by atoms with van der Waals surface area (Å²) in [5.41, 5.74) is 0.275. The first-order valence-corrected chi connectivity index (χ1v) is 6.44. The van der Waals surface area contributed by atoms with Gasteiger partial charge < -0.3 is 15.2 Å². The van der Waals surface area contributed by atoms with Gasteiger partial charge in [0.25, 0.3) is 5.91 Å². The van der Waals surface area contributed by atoms with Crippen LogP contribution in [-0.2, 0) is 4.79 Å². The quantitative estimate of drug-likeness (QED) is 0.890. The van der Waals surface area contributed by atoms with Gasteiger partial charge >= 0.3 is 5.97 Å². The molecule has 0 atom stereocenters. The molecule has 0 aromatic heterocycles. The molecule has 2 aromatic carbocycles. The summed E-state index contributed by atoms with van der Waals surface area (Å²) < 4.78 is 5.29. The van der Waals surface area contributed by atoms with Crippen molar-refractivity contribution < 1.29 is 19.4 Å². The molecule has 2 rings (SSSR count). The number of para-hydroxylation sites is 1. The van der Waals surface area contributed by atoms with Gasteiger partial charge in [0, 0.05) is 0 Å². The number of carboxylic acid groups (broad SMARTS) is 1. The van der Waals surface area contributed by atoms with Crippen molar-refractivity contribution in [2.24, 2.45) is 0 Å². The van der Waals surface area contributed by atoms with E-state index < -0.39 is 11.9 Å².